The highest BCUT2D eigenvalue weighted by Crippen LogP contribution is 2.18. The summed E-state index contributed by atoms with van der Waals surface area (Å²) >= 11 is 0. The first kappa shape index (κ1) is 79.5. The number of imidazole rings is 1. The number of unbranched alkanes of at least 4 members (excludes halogenated alkanes) is 1. The first-order chi connectivity index (χ1) is 44.3. The molecule has 1 saturated heterocycles. The van der Waals surface area contributed by atoms with Gasteiger partial charge in [0.15, 0.2) is 5.96 Å². The van der Waals surface area contributed by atoms with E-state index < -0.39 is 226 Å². The molecule has 0 aromatic carbocycles. The number of likely N-dealkylation sites (tertiary alicyclic amines) is 1. The van der Waals surface area contributed by atoms with Crippen LogP contribution in [0.15, 0.2) is 12.5 Å². The van der Waals surface area contributed by atoms with Gasteiger partial charge in [0.2, 0.25) is 76.8 Å². The van der Waals surface area contributed by atoms with Gasteiger partial charge >= 0.3 is 23.9 Å². The van der Waals surface area contributed by atoms with Crippen molar-refractivity contribution in [1.82, 2.24) is 73.4 Å². The van der Waals surface area contributed by atoms with Crippen molar-refractivity contribution >= 4 is 107 Å². The van der Waals surface area contributed by atoms with Crippen molar-refractivity contribution in [3.63, 3.8) is 0 Å². The van der Waals surface area contributed by atoms with Crippen molar-refractivity contribution in [2.24, 2.45) is 28.7 Å². The Morgan fingerprint density at radius 2 is 1.02 bits per heavy atom. The van der Waals surface area contributed by atoms with Crippen molar-refractivity contribution in [3.05, 3.63) is 18.2 Å². The van der Waals surface area contributed by atoms with Gasteiger partial charge in [0.05, 0.1) is 44.1 Å². The smallest absolute Gasteiger partial charge is 0.326 e. The molecule has 9 atom stereocenters. The number of carbonyl (C=O) groups is 17. The van der Waals surface area contributed by atoms with Crippen LogP contribution in [-0.2, 0) is 87.9 Å². The predicted molar refractivity (Wildman–Crippen MR) is 320 cm³/mol. The molecule has 2 heterocycles. The second-order valence-corrected chi connectivity index (χ2v) is 21.4. The molecule has 0 bridgehead atoms. The molecule has 1 aliphatic heterocycles. The average Bonchev–Trinajstić information content (AvgIpc) is 1.69. The number of carboxylic acid groups (broad SMARTS) is 4. The molecule has 41 heteroatoms. The summed E-state index contributed by atoms with van der Waals surface area (Å²) in [6.45, 7) is -2.28. The van der Waals surface area contributed by atoms with Crippen LogP contribution in [0.4, 0.5) is 0 Å². The highest BCUT2D eigenvalue weighted by Gasteiger charge is 2.37. The van der Waals surface area contributed by atoms with E-state index >= 15 is 0 Å². The fourth-order valence-corrected chi connectivity index (χ4v) is 8.97. The summed E-state index contributed by atoms with van der Waals surface area (Å²) in [5.74, 6) is -19.4. The van der Waals surface area contributed by atoms with Gasteiger partial charge in [-0.05, 0) is 77.2 Å². The third-order valence-electron chi connectivity index (χ3n) is 13.9. The minimum absolute atomic E-state index is 0.0199. The van der Waals surface area contributed by atoms with E-state index in [9.17, 15) is 96.8 Å². The van der Waals surface area contributed by atoms with Crippen LogP contribution in [0.2, 0.25) is 0 Å². The molecule has 522 valence electrons. The zero-order valence-corrected chi connectivity index (χ0v) is 51.1. The van der Waals surface area contributed by atoms with Gasteiger partial charge in [-0.3, -0.25) is 82.1 Å². The van der Waals surface area contributed by atoms with Gasteiger partial charge in [0.25, 0.3) is 0 Å². The summed E-state index contributed by atoms with van der Waals surface area (Å²) in [7, 11) is 0. The largest absolute Gasteiger partial charge is 0.481 e. The minimum atomic E-state index is -1.79. The third-order valence-corrected chi connectivity index (χ3v) is 13.9. The van der Waals surface area contributed by atoms with Crippen LogP contribution >= 0.6 is 0 Å². The Kier molecular flexibility index (Phi) is 35.3. The maximum atomic E-state index is 14.0. The monoisotopic (exact) mass is 1340 g/mol. The van der Waals surface area contributed by atoms with Gasteiger partial charge in [-0.1, -0.05) is 0 Å². The number of nitrogens with zero attached hydrogens (tertiary/aromatic N) is 2. The molecule has 0 radical (unpaired) electrons. The molecule has 41 nitrogen and oxygen atoms in total. The van der Waals surface area contributed by atoms with Crippen molar-refractivity contribution in [1.29, 1.82) is 5.41 Å². The number of nitrogens with two attached hydrogens (primary N) is 5. The van der Waals surface area contributed by atoms with E-state index in [1.165, 1.54) is 12.5 Å². The van der Waals surface area contributed by atoms with E-state index in [2.05, 4.69) is 68.5 Å². The number of primary amides is 2. The first-order valence-electron chi connectivity index (χ1n) is 29.5. The van der Waals surface area contributed by atoms with E-state index in [0.717, 1.165) is 4.90 Å². The zero-order valence-electron chi connectivity index (χ0n) is 51.1. The lowest BCUT2D eigenvalue weighted by molar-refractivity contribution is -0.142. The average molecular weight is 1340 g/mol. The molecule has 94 heavy (non-hydrogen) atoms. The Morgan fingerprint density at radius 3 is 1.53 bits per heavy atom. The molecule has 0 unspecified atom stereocenters. The molecular formula is C53H84N20O21. The summed E-state index contributed by atoms with van der Waals surface area (Å²) in [5.41, 5.74) is 27.5. The molecule has 1 fully saturated rings. The molecule has 2 rings (SSSR count). The van der Waals surface area contributed by atoms with Crippen LogP contribution in [-0.4, -0.2) is 236 Å². The lowest BCUT2D eigenvalue weighted by Gasteiger charge is -2.27. The van der Waals surface area contributed by atoms with Crippen LogP contribution < -0.4 is 87.2 Å². The molecule has 27 N–H and O–H groups in total. The molecule has 1 aliphatic rings. The Morgan fingerprint density at radius 1 is 0.543 bits per heavy atom. The van der Waals surface area contributed by atoms with Crippen LogP contribution in [0.25, 0.3) is 0 Å². The van der Waals surface area contributed by atoms with E-state index in [4.69, 9.17) is 39.2 Å². The number of guanidine groups is 1. The maximum absolute atomic E-state index is 14.0. The molecular weight excluding hydrogens is 1250 g/mol. The maximum Gasteiger partial charge on any atom is 0.326 e. The normalized spacial score (nSPS) is 15.0. The third kappa shape index (κ3) is 31.4. The summed E-state index contributed by atoms with van der Waals surface area (Å²) in [6, 6.07) is -14.1. The van der Waals surface area contributed by atoms with E-state index in [1.807, 2.05) is 0 Å². The fraction of sp³-hybridized carbons (Fsp3) is 0.604. The van der Waals surface area contributed by atoms with Gasteiger partial charge in [0.1, 0.15) is 48.3 Å². The van der Waals surface area contributed by atoms with Gasteiger partial charge in [-0.15, -0.1) is 0 Å². The number of aromatic nitrogens is 2. The topological polar surface area (TPSA) is 689 Å². The second kappa shape index (κ2) is 41.7. The molecule has 0 saturated carbocycles. The summed E-state index contributed by atoms with van der Waals surface area (Å²) in [6.07, 6.45) is -2.28. The Bertz CT molecular complexity index is 2880. The van der Waals surface area contributed by atoms with Crippen molar-refractivity contribution in [3.8, 4) is 0 Å². The number of carbonyl (C=O) groups excluding carboxylic acids is 13. The number of aliphatic carboxylic acids is 4. The van der Waals surface area contributed by atoms with Gasteiger partial charge in [-0.25, -0.2) is 9.78 Å². The summed E-state index contributed by atoms with van der Waals surface area (Å²) in [5, 5.41) is 70.1. The zero-order chi connectivity index (χ0) is 70.6. The molecule has 1 aromatic rings. The number of amides is 13. The van der Waals surface area contributed by atoms with Crippen LogP contribution in [0.1, 0.15) is 108 Å². The van der Waals surface area contributed by atoms with Crippen molar-refractivity contribution < 1.29 is 102 Å². The minimum Gasteiger partial charge on any atom is -0.481 e. The molecule has 1 aromatic heterocycles. The standard InChI is InChI=1S/C53H84N20O21/c54-16-2-1-5-28(47(88)71-32(52(93)94)6-3-17-61-53(58)59)68-49(90)30(9-12-36(56)74)70-50(91)31(10-13-37(57)75)69-48(89)29(11-15-42(81)82)66-38(76)23-63-51(92)35-7-4-18-73(35)40(78)24-64-45(86)33(19-26-21-60-25-65-26)67-39(77)22-62-46(87)34(20-43(83)84)72-44(85)27(55)8-14-41(79)80/h21,25,27-35H,1-20,22-24,54-55H2,(H2,56,74)(H2,57,75)(H,60,65)(H,62,87)(H,63,92)(H,64,86)(H,66,76)(H,67,77)(H,68,90)(H,69,89)(H,70,91)(H,71,88)(H,72,85)(H,79,80)(H,81,82)(H,83,84)(H,93,94)(H4,58,59,61)/t27-,28-,29-,30-,31-,32-,33-,34-,35-/m0/s1. The van der Waals surface area contributed by atoms with Crippen LogP contribution in [0.5, 0.6) is 0 Å². The van der Waals surface area contributed by atoms with E-state index in [1.54, 1.807) is 0 Å². The molecule has 0 spiro atoms. The highest BCUT2D eigenvalue weighted by atomic mass is 16.4. The van der Waals surface area contributed by atoms with Gasteiger partial charge < -0.3 is 117 Å². The number of hydrogen-bond acceptors (Lipinski definition) is 21. The van der Waals surface area contributed by atoms with Gasteiger partial charge in [0, 0.05) is 51.4 Å². The second-order valence-electron chi connectivity index (χ2n) is 21.4. The summed E-state index contributed by atoms with van der Waals surface area (Å²) in [4.78, 5) is 226. The SMILES string of the molecule is N=C(N)NCCC[C@H](NC(=O)[C@H](CCCCN)NC(=O)[C@H](CCC(N)=O)NC(=O)[C@H](CCC(N)=O)NC(=O)[C@H](CCC(=O)O)NC(=O)CNC(=O)[C@@H]1CCCN1C(=O)CNC(=O)[C@H](Cc1c[nH]cn1)NC(=O)CNC(=O)[C@H](CC(=O)O)NC(=O)[C@@H](N)CCC(=O)O)C(=O)O. The number of hydrogen-bond donors (Lipinski definition) is 22. The van der Waals surface area contributed by atoms with E-state index in [0.29, 0.717) is 6.42 Å². The van der Waals surface area contributed by atoms with Crippen molar-refractivity contribution in [2.75, 3.05) is 39.3 Å². The number of carboxylic acids is 4. The van der Waals surface area contributed by atoms with E-state index in [-0.39, 0.29) is 82.7 Å². The van der Waals surface area contributed by atoms with Crippen molar-refractivity contribution in [2.45, 2.75) is 164 Å². The number of aromatic amines is 1. The Labute approximate surface area is 535 Å². The number of rotatable bonds is 46. The number of nitrogens with one attached hydrogen (secondary N) is 13. The molecule has 0 aliphatic carbocycles. The lowest BCUT2D eigenvalue weighted by atomic mass is 10.0. The highest BCUT2D eigenvalue weighted by molar-refractivity contribution is 5.99. The molecule has 13 amide bonds. The Balaban J connectivity index is 2.21. The quantitative estimate of drug-likeness (QED) is 0.0164. The summed E-state index contributed by atoms with van der Waals surface area (Å²) < 4.78 is 0. The van der Waals surface area contributed by atoms with Gasteiger partial charge in [-0.2, -0.15) is 0 Å². The first-order valence-corrected chi connectivity index (χ1v) is 29.5. The predicted octanol–water partition coefficient (Wildman–Crippen LogP) is -9.78. The lowest BCUT2D eigenvalue weighted by Crippen LogP contribution is -2.59. The number of H-pyrrole nitrogens is 1. The van der Waals surface area contributed by atoms with Crippen LogP contribution in [0.3, 0.4) is 0 Å². The van der Waals surface area contributed by atoms with Crippen LogP contribution in [0, 0.1) is 5.41 Å². The fourth-order valence-electron chi connectivity index (χ4n) is 8.97. The Hall–Kier alpha value is -10.6.